The van der Waals surface area contributed by atoms with Crippen molar-refractivity contribution in [2.75, 3.05) is 18.0 Å². The van der Waals surface area contributed by atoms with Crippen molar-refractivity contribution in [3.05, 3.63) is 29.6 Å². The van der Waals surface area contributed by atoms with Gasteiger partial charge in [0.1, 0.15) is 5.82 Å². The first kappa shape index (κ1) is 13.8. The number of halogens is 1. The Bertz CT molecular complexity index is 457. The SMILES string of the molecule is NC(=O)CC1CCN(c2c(F)cccc2CO)CC1. The van der Waals surface area contributed by atoms with Crippen molar-refractivity contribution < 1.29 is 14.3 Å². The number of anilines is 1. The Balaban J connectivity index is 2.07. The molecule has 0 atom stereocenters. The summed E-state index contributed by atoms with van der Waals surface area (Å²) in [5.41, 5.74) is 6.29. The summed E-state index contributed by atoms with van der Waals surface area (Å²) in [4.78, 5) is 12.8. The molecule has 2 rings (SSSR count). The van der Waals surface area contributed by atoms with Gasteiger partial charge in [-0.1, -0.05) is 12.1 Å². The summed E-state index contributed by atoms with van der Waals surface area (Å²) in [5.74, 6) is -0.293. The lowest BCUT2D eigenvalue weighted by Crippen LogP contribution is -2.36. The summed E-state index contributed by atoms with van der Waals surface area (Å²) in [6, 6.07) is 4.74. The molecule has 1 aliphatic rings. The molecule has 0 aliphatic carbocycles. The van der Waals surface area contributed by atoms with Crippen molar-refractivity contribution in [3.63, 3.8) is 0 Å². The van der Waals surface area contributed by atoms with Crippen molar-refractivity contribution in [2.24, 2.45) is 11.7 Å². The average Bonchev–Trinajstić information content (AvgIpc) is 2.39. The molecule has 1 aliphatic heterocycles. The van der Waals surface area contributed by atoms with Gasteiger partial charge in [-0.25, -0.2) is 4.39 Å². The Labute approximate surface area is 112 Å². The number of nitrogens with two attached hydrogens (primary N) is 1. The summed E-state index contributed by atoms with van der Waals surface area (Å²) in [5, 5.41) is 9.29. The minimum atomic E-state index is -0.306. The van der Waals surface area contributed by atoms with Gasteiger partial charge in [-0.2, -0.15) is 0 Å². The molecule has 0 unspecified atom stereocenters. The van der Waals surface area contributed by atoms with Crippen molar-refractivity contribution in [1.82, 2.24) is 0 Å². The van der Waals surface area contributed by atoms with E-state index >= 15 is 0 Å². The largest absolute Gasteiger partial charge is 0.392 e. The third kappa shape index (κ3) is 3.23. The number of primary amides is 1. The molecule has 104 valence electrons. The Morgan fingerprint density at radius 1 is 1.42 bits per heavy atom. The minimum absolute atomic E-state index is 0.172. The number of hydrogen-bond acceptors (Lipinski definition) is 3. The van der Waals surface area contributed by atoms with Crippen LogP contribution in [0.1, 0.15) is 24.8 Å². The van der Waals surface area contributed by atoms with E-state index in [1.165, 1.54) is 6.07 Å². The van der Waals surface area contributed by atoms with E-state index in [1.54, 1.807) is 12.1 Å². The molecular formula is C14H19FN2O2. The van der Waals surface area contributed by atoms with Gasteiger partial charge < -0.3 is 15.7 Å². The molecule has 0 radical (unpaired) electrons. The van der Waals surface area contributed by atoms with Crippen LogP contribution in [0, 0.1) is 11.7 Å². The number of aliphatic hydroxyl groups is 1. The lowest BCUT2D eigenvalue weighted by atomic mass is 9.92. The number of benzene rings is 1. The second-order valence-corrected chi connectivity index (χ2v) is 5.01. The summed E-state index contributed by atoms with van der Waals surface area (Å²) in [6.07, 6.45) is 2.04. The molecular weight excluding hydrogens is 247 g/mol. The van der Waals surface area contributed by atoms with E-state index < -0.39 is 0 Å². The van der Waals surface area contributed by atoms with Gasteiger partial charge in [0, 0.05) is 25.1 Å². The molecule has 4 nitrogen and oxygen atoms in total. The van der Waals surface area contributed by atoms with Crippen LogP contribution in [-0.2, 0) is 11.4 Å². The first-order valence-corrected chi connectivity index (χ1v) is 6.53. The number of carbonyl (C=O) groups excluding carboxylic acids is 1. The van der Waals surface area contributed by atoms with E-state index in [-0.39, 0.29) is 24.2 Å². The number of aliphatic hydroxyl groups excluding tert-OH is 1. The maximum atomic E-state index is 13.9. The van der Waals surface area contributed by atoms with Gasteiger partial charge in [0.25, 0.3) is 0 Å². The zero-order valence-electron chi connectivity index (χ0n) is 10.8. The third-order valence-electron chi connectivity index (χ3n) is 3.66. The topological polar surface area (TPSA) is 66.6 Å². The second kappa shape index (κ2) is 6.02. The number of piperidine rings is 1. The highest BCUT2D eigenvalue weighted by Crippen LogP contribution is 2.30. The van der Waals surface area contributed by atoms with Crippen molar-refractivity contribution >= 4 is 11.6 Å². The van der Waals surface area contributed by atoms with Gasteiger partial charge in [0.15, 0.2) is 0 Å². The molecule has 1 aromatic carbocycles. The van der Waals surface area contributed by atoms with E-state index in [2.05, 4.69) is 0 Å². The Hall–Kier alpha value is -1.62. The van der Waals surface area contributed by atoms with Crippen LogP contribution < -0.4 is 10.6 Å². The van der Waals surface area contributed by atoms with Crippen LogP contribution in [0.4, 0.5) is 10.1 Å². The van der Waals surface area contributed by atoms with Gasteiger partial charge in [0.05, 0.1) is 12.3 Å². The molecule has 1 amide bonds. The molecule has 3 N–H and O–H groups in total. The van der Waals surface area contributed by atoms with Crippen LogP contribution in [0.15, 0.2) is 18.2 Å². The van der Waals surface area contributed by atoms with Crippen molar-refractivity contribution in [3.8, 4) is 0 Å². The van der Waals surface area contributed by atoms with Crippen LogP contribution in [0.2, 0.25) is 0 Å². The summed E-state index contributed by atoms with van der Waals surface area (Å²) in [6.45, 7) is 1.20. The number of carbonyl (C=O) groups is 1. The predicted octanol–water partition coefficient (Wildman–Crippen LogP) is 1.41. The van der Waals surface area contributed by atoms with E-state index in [0.717, 1.165) is 12.8 Å². The van der Waals surface area contributed by atoms with E-state index in [0.29, 0.717) is 30.8 Å². The van der Waals surface area contributed by atoms with Crippen LogP contribution in [-0.4, -0.2) is 24.1 Å². The fourth-order valence-corrected chi connectivity index (χ4v) is 2.69. The minimum Gasteiger partial charge on any atom is -0.392 e. The number of hydrogen-bond donors (Lipinski definition) is 2. The van der Waals surface area contributed by atoms with Crippen LogP contribution in [0.25, 0.3) is 0 Å². The molecule has 1 aromatic rings. The monoisotopic (exact) mass is 266 g/mol. The van der Waals surface area contributed by atoms with Gasteiger partial charge in [-0.05, 0) is 24.8 Å². The maximum absolute atomic E-state index is 13.9. The van der Waals surface area contributed by atoms with E-state index in [9.17, 15) is 14.3 Å². The predicted molar refractivity (Wildman–Crippen MR) is 71.1 cm³/mol. The quantitative estimate of drug-likeness (QED) is 0.866. The molecule has 1 fully saturated rings. The maximum Gasteiger partial charge on any atom is 0.217 e. The average molecular weight is 266 g/mol. The molecule has 5 heteroatoms. The van der Waals surface area contributed by atoms with Crippen LogP contribution in [0.5, 0.6) is 0 Å². The van der Waals surface area contributed by atoms with Crippen LogP contribution in [0.3, 0.4) is 0 Å². The first-order chi connectivity index (χ1) is 9.11. The van der Waals surface area contributed by atoms with Gasteiger partial charge in [-0.3, -0.25) is 4.79 Å². The first-order valence-electron chi connectivity index (χ1n) is 6.53. The zero-order chi connectivity index (χ0) is 13.8. The van der Waals surface area contributed by atoms with Gasteiger partial charge in [0.2, 0.25) is 5.91 Å². The molecule has 0 bridgehead atoms. The molecule has 1 heterocycles. The fraction of sp³-hybridized carbons (Fsp3) is 0.500. The summed E-state index contributed by atoms with van der Waals surface area (Å²) >= 11 is 0. The van der Waals surface area contributed by atoms with Crippen LogP contribution >= 0.6 is 0 Å². The van der Waals surface area contributed by atoms with E-state index in [1.807, 2.05) is 4.90 Å². The lowest BCUT2D eigenvalue weighted by Gasteiger charge is -2.34. The number of rotatable bonds is 4. The summed E-state index contributed by atoms with van der Waals surface area (Å²) < 4.78 is 13.9. The van der Waals surface area contributed by atoms with Crippen molar-refractivity contribution in [2.45, 2.75) is 25.9 Å². The molecule has 0 saturated carbocycles. The highest BCUT2D eigenvalue weighted by Gasteiger charge is 2.23. The third-order valence-corrected chi connectivity index (χ3v) is 3.66. The molecule has 0 spiro atoms. The zero-order valence-corrected chi connectivity index (χ0v) is 10.8. The second-order valence-electron chi connectivity index (χ2n) is 5.01. The summed E-state index contributed by atoms with van der Waals surface area (Å²) in [7, 11) is 0. The van der Waals surface area contributed by atoms with E-state index in [4.69, 9.17) is 5.73 Å². The smallest absolute Gasteiger partial charge is 0.217 e. The highest BCUT2D eigenvalue weighted by atomic mass is 19.1. The Morgan fingerprint density at radius 2 is 2.11 bits per heavy atom. The number of nitrogens with zero attached hydrogens (tertiary/aromatic N) is 1. The molecule has 0 aromatic heterocycles. The highest BCUT2D eigenvalue weighted by molar-refractivity contribution is 5.74. The fourth-order valence-electron chi connectivity index (χ4n) is 2.69. The number of amides is 1. The Morgan fingerprint density at radius 3 is 2.68 bits per heavy atom. The normalized spacial score (nSPS) is 16.6. The standard InChI is InChI=1S/C14H19FN2O2/c15-12-3-1-2-11(9-18)14(12)17-6-4-10(5-7-17)8-13(16)19/h1-3,10,18H,4-9H2,(H2,16,19). The molecule has 19 heavy (non-hydrogen) atoms. The van der Waals surface area contributed by atoms with Gasteiger partial charge >= 0.3 is 0 Å². The Kier molecular flexibility index (Phi) is 4.37. The number of para-hydroxylation sites is 1. The van der Waals surface area contributed by atoms with Crippen molar-refractivity contribution in [1.29, 1.82) is 0 Å². The lowest BCUT2D eigenvalue weighted by molar-refractivity contribution is -0.119. The molecule has 1 saturated heterocycles. The van der Waals surface area contributed by atoms with Gasteiger partial charge in [-0.15, -0.1) is 0 Å².